The first-order chi connectivity index (χ1) is 18.5. The van der Waals surface area contributed by atoms with E-state index in [1.165, 1.54) is 0 Å². The molecular formula is C29H33N3O5S. The zero-order chi connectivity index (χ0) is 27.1. The zero-order valence-corrected chi connectivity index (χ0v) is 23.2. The van der Waals surface area contributed by atoms with Gasteiger partial charge in [0.25, 0.3) is 0 Å². The zero-order valence-electron chi connectivity index (χ0n) is 22.4. The van der Waals surface area contributed by atoms with Gasteiger partial charge in [-0.2, -0.15) is 0 Å². The van der Waals surface area contributed by atoms with E-state index < -0.39 is 6.09 Å². The SMILES string of the molecule is CCCCNC(=O)Oc1cc(-c2csc(-c3ccc(OC)cc3)n2)n(Cc2ccc(OC)c(OC)c2)c1C. The molecule has 0 aliphatic heterocycles. The molecule has 2 heterocycles. The third-order valence-electron chi connectivity index (χ3n) is 6.21. The number of carbonyl (C=O) groups excluding carboxylic acids is 1. The van der Waals surface area contributed by atoms with Crippen molar-refractivity contribution in [1.82, 2.24) is 14.9 Å². The van der Waals surface area contributed by atoms with Crippen molar-refractivity contribution >= 4 is 17.4 Å². The fourth-order valence-electron chi connectivity index (χ4n) is 4.06. The van der Waals surface area contributed by atoms with Gasteiger partial charge in [0, 0.05) is 30.1 Å². The Bertz CT molecular complexity index is 1380. The number of hydrogen-bond acceptors (Lipinski definition) is 7. The molecule has 0 saturated heterocycles. The molecule has 8 nitrogen and oxygen atoms in total. The Hall–Kier alpha value is -3.98. The molecule has 4 rings (SSSR count). The van der Waals surface area contributed by atoms with E-state index >= 15 is 0 Å². The molecule has 1 N–H and O–H groups in total. The number of rotatable bonds is 11. The summed E-state index contributed by atoms with van der Waals surface area (Å²) in [5, 5.41) is 5.72. The van der Waals surface area contributed by atoms with Gasteiger partial charge in [0.05, 0.1) is 38.4 Å². The molecule has 2 aromatic carbocycles. The smallest absolute Gasteiger partial charge is 0.412 e. The van der Waals surface area contributed by atoms with Crippen molar-refractivity contribution in [3.8, 4) is 45.0 Å². The lowest BCUT2D eigenvalue weighted by Crippen LogP contribution is -2.27. The van der Waals surface area contributed by atoms with Crippen LogP contribution in [0.15, 0.2) is 53.9 Å². The Morgan fingerprint density at radius 1 is 0.974 bits per heavy atom. The van der Waals surface area contributed by atoms with Gasteiger partial charge in [0.2, 0.25) is 0 Å². The van der Waals surface area contributed by atoms with Crippen LogP contribution in [0.1, 0.15) is 31.0 Å². The maximum absolute atomic E-state index is 12.5. The molecule has 1 amide bonds. The number of ether oxygens (including phenoxy) is 4. The highest BCUT2D eigenvalue weighted by Gasteiger charge is 2.20. The number of nitrogens with zero attached hydrogens (tertiary/aromatic N) is 2. The number of thiazole rings is 1. The number of amides is 1. The first kappa shape index (κ1) is 27.1. The van der Waals surface area contributed by atoms with Crippen molar-refractivity contribution in [3.05, 3.63) is 65.2 Å². The van der Waals surface area contributed by atoms with Crippen molar-refractivity contribution in [3.63, 3.8) is 0 Å². The second-order valence-electron chi connectivity index (χ2n) is 8.69. The lowest BCUT2D eigenvalue weighted by atomic mass is 10.2. The normalized spacial score (nSPS) is 10.8. The quantitative estimate of drug-likeness (QED) is 0.219. The third-order valence-corrected chi connectivity index (χ3v) is 7.11. The summed E-state index contributed by atoms with van der Waals surface area (Å²) in [6, 6.07) is 15.5. The van der Waals surface area contributed by atoms with Crippen molar-refractivity contribution in [1.29, 1.82) is 0 Å². The van der Waals surface area contributed by atoms with E-state index in [2.05, 4.69) is 16.8 Å². The Morgan fingerprint density at radius 2 is 1.74 bits per heavy atom. The number of benzene rings is 2. The predicted molar refractivity (Wildman–Crippen MR) is 150 cm³/mol. The number of nitrogens with one attached hydrogen (secondary N) is 1. The highest BCUT2D eigenvalue weighted by atomic mass is 32.1. The number of aromatic nitrogens is 2. The summed E-state index contributed by atoms with van der Waals surface area (Å²) in [6.45, 7) is 5.12. The fraction of sp³-hybridized carbons (Fsp3) is 0.310. The lowest BCUT2D eigenvalue weighted by molar-refractivity contribution is 0.200. The Morgan fingerprint density at radius 3 is 2.42 bits per heavy atom. The first-order valence-corrected chi connectivity index (χ1v) is 13.3. The molecule has 0 aliphatic carbocycles. The van der Waals surface area contributed by atoms with Gasteiger partial charge in [0.15, 0.2) is 17.2 Å². The van der Waals surface area contributed by atoms with E-state index in [9.17, 15) is 4.79 Å². The number of carbonyl (C=O) groups is 1. The summed E-state index contributed by atoms with van der Waals surface area (Å²) in [4.78, 5) is 17.4. The molecule has 0 atom stereocenters. The lowest BCUT2D eigenvalue weighted by Gasteiger charge is -2.13. The molecule has 4 aromatic rings. The van der Waals surface area contributed by atoms with Gasteiger partial charge in [-0.05, 0) is 55.3 Å². The average molecular weight is 536 g/mol. The average Bonchev–Trinajstić information content (AvgIpc) is 3.54. The van der Waals surface area contributed by atoms with Crippen LogP contribution >= 0.6 is 11.3 Å². The molecule has 0 radical (unpaired) electrons. The second-order valence-corrected chi connectivity index (χ2v) is 9.55. The molecule has 0 spiro atoms. The molecule has 200 valence electrons. The molecular weight excluding hydrogens is 502 g/mol. The largest absolute Gasteiger partial charge is 0.497 e. The van der Waals surface area contributed by atoms with Gasteiger partial charge in [-0.3, -0.25) is 0 Å². The molecule has 0 bridgehead atoms. The highest BCUT2D eigenvalue weighted by molar-refractivity contribution is 7.13. The number of methoxy groups -OCH3 is 3. The van der Waals surface area contributed by atoms with Crippen molar-refractivity contribution in [2.24, 2.45) is 0 Å². The number of unbranched alkanes of at least 4 members (excludes halogenated alkanes) is 1. The summed E-state index contributed by atoms with van der Waals surface area (Å²) in [7, 11) is 4.88. The Labute approximate surface area is 227 Å². The highest BCUT2D eigenvalue weighted by Crippen LogP contribution is 2.36. The first-order valence-electron chi connectivity index (χ1n) is 12.4. The maximum atomic E-state index is 12.5. The van der Waals surface area contributed by atoms with Gasteiger partial charge < -0.3 is 28.8 Å². The predicted octanol–water partition coefficient (Wildman–Crippen LogP) is 6.55. The summed E-state index contributed by atoms with van der Waals surface area (Å²) in [6.07, 6.45) is 1.42. The van der Waals surface area contributed by atoms with E-state index in [0.29, 0.717) is 30.3 Å². The van der Waals surface area contributed by atoms with E-state index in [-0.39, 0.29) is 0 Å². The van der Waals surface area contributed by atoms with Crippen molar-refractivity contribution in [2.45, 2.75) is 33.2 Å². The second kappa shape index (κ2) is 12.5. The van der Waals surface area contributed by atoms with Gasteiger partial charge in [0.1, 0.15) is 10.8 Å². The van der Waals surface area contributed by atoms with E-state index in [1.807, 2.05) is 60.8 Å². The number of hydrogen-bond donors (Lipinski definition) is 1. The summed E-state index contributed by atoms with van der Waals surface area (Å²) in [5.74, 6) is 2.60. The molecule has 38 heavy (non-hydrogen) atoms. The third kappa shape index (κ3) is 6.11. The molecule has 0 fully saturated rings. The minimum atomic E-state index is -0.464. The summed E-state index contributed by atoms with van der Waals surface area (Å²) in [5.41, 5.74) is 4.48. The van der Waals surface area contributed by atoms with Crippen LogP contribution in [-0.4, -0.2) is 43.5 Å². The summed E-state index contributed by atoms with van der Waals surface area (Å²) < 4.78 is 24.0. The van der Waals surface area contributed by atoms with Crippen molar-refractivity contribution < 1.29 is 23.7 Å². The molecule has 0 saturated carbocycles. The van der Waals surface area contributed by atoms with Crippen LogP contribution in [0.4, 0.5) is 4.79 Å². The standard InChI is InChI=1S/C29H33N3O5S/c1-6-7-14-30-29(33)37-26-16-24(23-18-38-28(31-23)21-9-11-22(34-3)12-10-21)32(19(26)2)17-20-8-13-25(35-4)27(15-20)36-5/h8-13,15-16,18H,6-7,14,17H2,1-5H3,(H,30,33). The molecule has 2 aromatic heterocycles. The Balaban J connectivity index is 1.69. The van der Waals surface area contributed by atoms with Crippen LogP contribution in [0.2, 0.25) is 0 Å². The summed E-state index contributed by atoms with van der Waals surface area (Å²) >= 11 is 1.56. The fourth-order valence-corrected chi connectivity index (χ4v) is 4.88. The van der Waals surface area contributed by atoms with Gasteiger partial charge in [-0.25, -0.2) is 9.78 Å². The van der Waals surface area contributed by atoms with Gasteiger partial charge >= 0.3 is 6.09 Å². The topological polar surface area (TPSA) is 83.8 Å². The van der Waals surface area contributed by atoms with E-state index in [4.69, 9.17) is 23.9 Å². The van der Waals surface area contributed by atoms with Gasteiger partial charge in [-0.15, -0.1) is 11.3 Å². The van der Waals surface area contributed by atoms with Crippen LogP contribution in [0, 0.1) is 6.92 Å². The Kier molecular flexibility index (Phi) is 8.91. The van der Waals surface area contributed by atoms with Gasteiger partial charge in [-0.1, -0.05) is 19.4 Å². The van der Waals surface area contributed by atoms with Crippen LogP contribution in [0.5, 0.6) is 23.0 Å². The minimum absolute atomic E-state index is 0.464. The molecule has 0 unspecified atom stereocenters. The van der Waals surface area contributed by atoms with E-state index in [0.717, 1.165) is 51.8 Å². The minimum Gasteiger partial charge on any atom is -0.497 e. The van der Waals surface area contributed by atoms with Crippen LogP contribution < -0.4 is 24.3 Å². The van der Waals surface area contributed by atoms with Crippen LogP contribution in [0.3, 0.4) is 0 Å². The van der Waals surface area contributed by atoms with Crippen LogP contribution in [0.25, 0.3) is 22.0 Å². The molecule has 0 aliphatic rings. The molecule has 9 heteroatoms. The van der Waals surface area contributed by atoms with Crippen LogP contribution in [-0.2, 0) is 6.54 Å². The van der Waals surface area contributed by atoms with Crippen molar-refractivity contribution in [2.75, 3.05) is 27.9 Å². The monoisotopic (exact) mass is 535 g/mol. The maximum Gasteiger partial charge on any atom is 0.412 e. The van der Waals surface area contributed by atoms with E-state index in [1.54, 1.807) is 32.7 Å².